The molecule has 4 amide bonds. The van der Waals surface area contributed by atoms with E-state index in [4.69, 9.17) is 14.6 Å². The van der Waals surface area contributed by atoms with E-state index in [0.717, 1.165) is 0 Å². The van der Waals surface area contributed by atoms with Crippen LogP contribution in [0.2, 0.25) is 0 Å². The molecule has 5 atom stereocenters. The molecule has 0 aromatic heterocycles. The normalized spacial score (nSPS) is 30.9. The van der Waals surface area contributed by atoms with Gasteiger partial charge in [-0.1, -0.05) is 19.1 Å². The quantitative estimate of drug-likeness (QED) is 0.287. The molecule has 0 radical (unpaired) electrons. The Hall–Kier alpha value is -3.06. The number of carbonyl (C=O) groups is 4. The predicted molar refractivity (Wildman–Crippen MR) is 95.0 cm³/mol. The molecule has 6 N–H and O–H groups in total. The van der Waals surface area contributed by atoms with Crippen molar-refractivity contribution in [3.05, 3.63) is 29.8 Å². The van der Waals surface area contributed by atoms with Gasteiger partial charge in [-0.3, -0.25) is 20.2 Å². The number of benzene rings is 1. The van der Waals surface area contributed by atoms with Gasteiger partial charge in [-0.2, -0.15) is 0 Å². The van der Waals surface area contributed by atoms with Crippen molar-refractivity contribution in [2.75, 3.05) is 0 Å². The number of imide groups is 2. The lowest BCUT2D eigenvalue weighted by Crippen LogP contribution is -2.64. The minimum Gasteiger partial charge on any atom is -0.479 e. The van der Waals surface area contributed by atoms with Crippen LogP contribution >= 0.6 is 0 Å². The van der Waals surface area contributed by atoms with Crippen molar-refractivity contribution in [3.8, 4) is 5.75 Å². The van der Waals surface area contributed by atoms with Gasteiger partial charge in [-0.05, 0) is 24.1 Å². The number of barbiturate groups is 1. The summed E-state index contributed by atoms with van der Waals surface area (Å²) in [6, 6.07) is 4.55. The van der Waals surface area contributed by atoms with E-state index in [2.05, 4.69) is 10.6 Å². The molecule has 2 heterocycles. The standard InChI is InChI=1S/C18H20N2O10/c1-2-18(15(26)19-17(28)20-16(18)27)7-3-5-8(6-4-7)29-14-11(23)9(21)10(22)12(30-14)13(24)25/h3-6,9-12,14,21-23H,2H2,1H3,(H,24,25)(H2,19,20,26,27,28)/t9-,10-,11+,12-,14?/m0/s1. The van der Waals surface area contributed by atoms with Crippen molar-refractivity contribution < 1.29 is 49.1 Å². The monoisotopic (exact) mass is 424 g/mol. The highest BCUT2D eigenvalue weighted by molar-refractivity contribution is 6.22. The number of carboxylic acids is 1. The zero-order valence-corrected chi connectivity index (χ0v) is 15.6. The second kappa shape index (κ2) is 7.99. The zero-order valence-electron chi connectivity index (χ0n) is 15.6. The molecule has 12 heteroatoms. The molecule has 1 aromatic carbocycles. The minimum atomic E-state index is -1.85. The van der Waals surface area contributed by atoms with Crippen LogP contribution in [0.5, 0.6) is 5.75 Å². The third-order valence-corrected chi connectivity index (χ3v) is 5.17. The van der Waals surface area contributed by atoms with E-state index in [9.17, 15) is 34.5 Å². The Balaban J connectivity index is 1.82. The second-order valence-electron chi connectivity index (χ2n) is 6.87. The Labute approximate surface area is 169 Å². The maximum Gasteiger partial charge on any atom is 0.335 e. The summed E-state index contributed by atoms with van der Waals surface area (Å²) in [6.45, 7) is 1.60. The van der Waals surface area contributed by atoms with E-state index in [1.54, 1.807) is 6.92 Å². The van der Waals surface area contributed by atoms with Gasteiger partial charge >= 0.3 is 12.0 Å². The number of ether oxygens (including phenoxy) is 2. The Kier molecular flexibility index (Phi) is 5.76. The number of hydrogen-bond acceptors (Lipinski definition) is 9. The molecule has 1 aromatic rings. The summed E-state index contributed by atoms with van der Waals surface area (Å²) in [6.07, 6.45) is -8.77. The van der Waals surface area contributed by atoms with E-state index in [0.29, 0.717) is 0 Å². The maximum absolute atomic E-state index is 12.4. The summed E-state index contributed by atoms with van der Waals surface area (Å²) in [4.78, 5) is 47.3. The van der Waals surface area contributed by atoms with Crippen molar-refractivity contribution in [1.82, 2.24) is 10.6 Å². The number of carbonyl (C=O) groups excluding carboxylic acids is 3. The SMILES string of the molecule is CCC1(c2ccc(OC3O[C@H](C(=O)O)[C@@H](O)[C@H](O)[C@H]3O)cc2)C(=O)NC(=O)NC1=O. The van der Waals surface area contributed by atoms with E-state index in [1.807, 2.05) is 0 Å². The third kappa shape index (κ3) is 3.50. The lowest BCUT2D eigenvalue weighted by atomic mass is 9.75. The fourth-order valence-corrected chi connectivity index (χ4v) is 3.44. The van der Waals surface area contributed by atoms with Gasteiger partial charge in [0.05, 0.1) is 0 Å². The fraction of sp³-hybridized carbons (Fsp3) is 0.444. The van der Waals surface area contributed by atoms with Crippen LogP contribution in [0.25, 0.3) is 0 Å². The zero-order chi connectivity index (χ0) is 22.2. The molecular weight excluding hydrogens is 404 g/mol. The number of aliphatic hydroxyl groups is 3. The van der Waals surface area contributed by atoms with Crippen LogP contribution < -0.4 is 15.4 Å². The van der Waals surface area contributed by atoms with E-state index < -0.39 is 59.9 Å². The number of hydrogen-bond donors (Lipinski definition) is 6. The van der Waals surface area contributed by atoms with E-state index in [1.165, 1.54) is 24.3 Å². The minimum absolute atomic E-state index is 0.0625. The smallest absolute Gasteiger partial charge is 0.335 e. The van der Waals surface area contributed by atoms with Gasteiger partial charge in [0.2, 0.25) is 18.1 Å². The van der Waals surface area contributed by atoms with Gasteiger partial charge in [0.25, 0.3) is 0 Å². The van der Waals surface area contributed by atoms with Gasteiger partial charge in [0.1, 0.15) is 24.1 Å². The first-order valence-electron chi connectivity index (χ1n) is 8.98. The predicted octanol–water partition coefficient (Wildman–Crippen LogP) is -2.03. The van der Waals surface area contributed by atoms with Crippen LogP contribution in [0.4, 0.5) is 4.79 Å². The number of carboxylic acid groups (broad SMARTS) is 1. The summed E-state index contributed by atoms with van der Waals surface area (Å²) < 4.78 is 10.4. The van der Waals surface area contributed by atoms with Crippen LogP contribution in [0.1, 0.15) is 18.9 Å². The largest absolute Gasteiger partial charge is 0.479 e. The van der Waals surface area contributed by atoms with Crippen molar-refractivity contribution >= 4 is 23.8 Å². The molecule has 30 heavy (non-hydrogen) atoms. The Morgan fingerprint density at radius 2 is 1.60 bits per heavy atom. The Bertz CT molecular complexity index is 850. The van der Waals surface area contributed by atoms with Gasteiger partial charge in [-0.25, -0.2) is 9.59 Å². The Morgan fingerprint density at radius 1 is 1.03 bits per heavy atom. The number of nitrogens with one attached hydrogen (secondary N) is 2. The van der Waals surface area contributed by atoms with Crippen LogP contribution in [-0.4, -0.2) is 74.9 Å². The molecule has 12 nitrogen and oxygen atoms in total. The number of amides is 4. The first-order valence-corrected chi connectivity index (χ1v) is 8.98. The molecule has 2 fully saturated rings. The molecule has 0 spiro atoms. The third-order valence-electron chi connectivity index (χ3n) is 5.17. The summed E-state index contributed by atoms with van der Waals surface area (Å²) in [5.41, 5.74) is -1.37. The van der Waals surface area contributed by atoms with Crippen molar-refractivity contribution in [2.24, 2.45) is 0 Å². The molecule has 162 valence electrons. The number of aliphatic carboxylic acids is 1. The summed E-state index contributed by atoms with van der Waals surface area (Å²) in [5, 5.41) is 42.7. The van der Waals surface area contributed by atoms with E-state index >= 15 is 0 Å². The van der Waals surface area contributed by atoms with E-state index in [-0.39, 0.29) is 17.7 Å². The molecule has 1 unspecified atom stereocenters. The highest BCUT2D eigenvalue weighted by Crippen LogP contribution is 2.32. The van der Waals surface area contributed by atoms with Crippen LogP contribution in [-0.2, 0) is 24.5 Å². The highest BCUT2D eigenvalue weighted by atomic mass is 16.7. The van der Waals surface area contributed by atoms with Crippen molar-refractivity contribution in [1.29, 1.82) is 0 Å². The first-order chi connectivity index (χ1) is 14.1. The summed E-state index contributed by atoms with van der Waals surface area (Å²) >= 11 is 0. The van der Waals surface area contributed by atoms with Gasteiger partial charge in [0, 0.05) is 0 Å². The Morgan fingerprint density at radius 3 is 2.10 bits per heavy atom. The first kappa shape index (κ1) is 21.6. The topological polar surface area (TPSA) is 192 Å². The lowest BCUT2D eigenvalue weighted by molar-refractivity contribution is -0.271. The molecule has 0 saturated carbocycles. The van der Waals surface area contributed by atoms with Gasteiger partial charge < -0.3 is 29.9 Å². The fourth-order valence-electron chi connectivity index (χ4n) is 3.44. The number of rotatable bonds is 5. The van der Waals surface area contributed by atoms with Crippen LogP contribution in [0, 0.1) is 0 Å². The molecule has 2 aliphatic heterocycles. The average Bonchev–Trinajstić information content (AvgIpc) is 2.69. The summed E-state index contributed by atoms with van der Waals surface area (Å²) in [5.74, 6) is -3.04. The van der Waals surface area contributed by atoms with Crippen LogP contribution in [0.3, 0.4) is 0 Å². The lowest BCUT2D eigenvalue weighted by Gasteiger charge is -2.38. The molecule has 2 saturated heterocycles. The number of aliphatic hydroxyl groups excluding tert-OH is 3. The molecule has 0 aliphatic carbocycles. The molecule has 0 bridgehead atoms. The second-order valence-corrected chi connectivity index (χ2v) is 6.87. The van der Waals surface area contributed by atoms with Gasteiger partial charge in [0.15, 0.2) is 11.5 Å². The maximum atomic E-state index is 12.4. The summed E-state index contributed by atoms with van der Waals surface area (Å²) in [7, 11) is 0. The van der Waals surface area contributed by atoms with Crippen molar-refractivity contribution in [2.45, 2.75) is 49.5 Å². The highest BCUT2D eigenvalue weighted by Gasteiger charge is 2.51. The molecular formula is C18H20N2O10. The molecule has 3 rings (SSSR count). The average molecular weight is 424 g/mol. The van der Waals surface area contributed by atoms with Crippen LogP contribution in [0.15, 0.2) is 24.3 Å². The number of urea groups is 1. The van der Waals surface area contributed by atoms with Crippen molar-refractivity contribution in [3.63, 3.8) is 0 Å². The molecule has 2 aliphatic rings. The van der Waals surface area contributed by atoms with Gasteiger partial charge in [-0.15, -0.1) is 0 Å².